The van der Waals surface area contributed by atoms with Crippen molar-refractivity contribution in [2.45, 2.75) is 11.8 Å². The smallest absolute Gasteiger partial charge is 0.311 e. The van der Waals surface area contributed by atoms with Crippen molar-refractivity contribution in [2.75, 3.05) is 12.9 Å². The van der Waals surface area contributed by atoms with Gasteiger partial charge < -0.3 is 14.6 Å². The number of nitrogens with zero attached hydrogens (tertiary/aromatic N) is 3. The van der Waals surface area contributed by atoms with Crippen molar-refractivity contribution in [3.05, 3.63) is 88.0 Å². The quantitative estimate of drug-likeness (QED) is 0.415. The average Bonchev–Trinajstić information content (AvgIpc) is 3.18. The van der Waals surface area contributed by atoms with Gasteiger partial charge in [-0.3, -0.25) is 14.9 Å². The average molecular weight is 426 g/mol. The third kappa shape index (κ3) is 5.18. The standard InChI is InChI=1S/C21H22N4O4S/c1-24-11-10-22-21(24)20(16-6-4-3-5-7-16)23-19(26)14-30-13-15-8-9-18(29-2)17(12-15)25(27)28/h3-12,20H,13-14H2,1-2H3,(H,23,26). The van der Waals surface area contributed by atoms with Crippen molar-refractivity contribution < 1.29 is 14.5 Å². The molecular weight excluding hydrogens is 404 g/mol. The first-order valence-corrected chi connectivity index (χ1v) is 10.4. The molecule has 0 aliphatic rings. The summed E-state index contributed by atoms with van der Waals surface area (Å²) in [4.78, 5) is 27.7. The SMILES string of the molecule is COc1ccc(CSCC(=O)NC(c2ccccc2)c2nccn2C)cc1[N+](=O)[O-]. The normalized spacial score (nSPS) is 11.7. The number of amides is 1. The van der Waals surface area contributed by atoms with Crippen LogP contribution in [0.4, 0.5) is 5.69 Å². The Morgan fingerprint density at radius 1 is 1.30 bits per heavy atom. The van der Waals surface area contributed by atoms with Gasteiger partial charge in [-0.15, -0.1) is 11.8 Å². The maximum Gasteiger partial charge on any atom is 0.311 e. The van der Waals surface area contributed by atoms with Crippen molar-refractivity contribution in [2.24, 2.45) is 7.05 Å². The minimum atomic E-state index is -0.475. The van der Waals surface area contributed by atoms with Gasteiger partial charge in [0, 0.05) is 31.3 Å². The molecule has 1 aromatic heterocycles. The molecule has 3 aromatic rings. The third-order valence-electron chi connectivity index (χ3n) is 4.50. The largest absolute Gasteiger partial charge is 0.490 e. The molecule has 30 heavy (non-hydrogen) atoms. The molecule has 8 nitrogen and oxygen atoms in total. The number of carbonyl (C=O) groups is 1. The fourth-order valence-electron chi connectivity index (χ4n) is 3.03. The van der Waals surface area contributed by atoms with Crippen LogP contribution in [-0.4, -0.2) is 33.2 Å². The molecule has 156 valence electrons. The van der Waals surface area contributed by atoms with Gasteiger partial charge in [0.2, 0.25) is 5.91 Å². The molecule has 1 N–H and O–H groups in total. The minimum absolute atomic E-state index is 0.0843. The van der Waals surface area contributed by atoms with Gasteiger partial charge in [-0.05, 0) is 17.2 Å². The first-order chi connectivity index (χ1) is 14.5. The Balaban J connectivity index is 1.64. The van der Waals surface area contributed by atoms with E-state index in [2.05, 4.69) is 10.3 Å². The maximum atomic E-state index is 12.6. The van der Waals surface area contributed by atoms with E-state index in [0.717, 1.165) is 17.0 Å². The van der Waals surface area contributed by atoms with Gasteiger partial charge in [0.1, 0.15) is 11.9 Å². The van der Waals surface area contributed by atoms with E-state index in [1.54, 1.807) is 18.3 Å². The third-order valence-corrected chi connectivity index (χ3v) is 5.50. The Morgan fingerprint density at radius 3 is 2.70 bits per heavy atom. The van der Waals surface area contributed by atoms with E-state index in [1.165, 1.54) is 24.9 Å². The van der Waals surface area contributed by atoms with Crippen molar-refractivity contribution in [3.8, 4) is 5.75 Å². The highest BCUT2D eigenvalue weighted by atomic mass is 32.2. The number of nitro groups is 1. The molecule has 0 radical (unpaired) electrons. The summed E-state index contributed by atoms with van der Waals surface area (Å²) in [6.07, 6.45) is 3.53. The van der Waals surface area contributed by atoms with Gasteiger partial charge in [0.05, 0.1) is 17.8 Å². The summed E-state index contributed by atoms with van der Waals surface area (Å²) in [5.74, 6) is 1.50. The van der Waals surface area contributed by atoms with Gasteiger partial charge in [-0.2, -0.15) is 0 Å². The van der Waals surface area contributed by atoms with E-state index < -0.39 is 4.92 Å². The molecule has 0 aliphatic carbocycles. The fourth-order valence-corrected chi connectivity index (χ4v) is 3.82. The highest BCUT2D eigenvalue weighted by molar-refractivity contribution is 7.99. The highest BCUT2D eigenvalue weighted by Gasteiger charge is 2.20. The van der Waals surface area contributed by atoms with Crippen LogP contribution in [0.15, 0.2) is 60.9 Å². The fraction of sp³-hybridized carbons (Fsp3) is 0.238. The van der Waals surface area contributed by atoms with Crippen LogP contribution in [0.2, 0.25) is 0 Å². The molecule has 0 aliphatic heterocycles. The lowest BCUT2D eigenvalue weighted by atomic mass is 10.1. The predicted molar refractivity (Wildman–Crippen MR) is 115 cm³/mol. The molecular formula is C21H22N4O4S. The second-order valence-corrected chi connectivity index (χ2v) is 7.55. The number of hydrogen-bond donors (Lipinski definition) is 1. The molecule has 1 unspecified atom stereocenters. The Bertz CT molecular complexity index is 1020. The van der Waals surface area contributed by atoms with Crippen molar-refractivity contribution in [3.63, 3.8) is 0 Å². The van der Waals surface area contributed by atoms with E-state index in [9.17, 15) is 14.9 Å². The topological polar surface area (TPSA) is 99.3 Å². The summed E-state index contributed by atoms with van der Waals surface area (Å²) in [5, 5.41) is 14.2. The van der Waals surface area contributed by atoms with Crippen molar-refractivity contribution in [1.29, 1.82) is 0 Å². The molecule has 0 spiro atoms. The Labute approximate surface area is 178 Å². The van der Waals surface area contributed by atoms with Gasteiger partial charge in [0.15, 0.2) is 5.75 Å². The van der Waals surface area contributed by atoms with Crippen LogP contribution in [0, 0.1) is 10.1 Å². The van der Waals surface area contributed by atoms with Crippen molar-refractivity contribution >= 4 is 23.4 Å². The van der Waals surface area contributed by atoms with Crippen LogP contribution in [-0.2, 0) is 17.6 Å². The lowest BCUT2D eigenvalue weighted by Gasteiger charge is -2.19. The second-order valence-electron chi connectivity index (χ2n) is 6.56. The number of thioether (sulfide) groups is 1. The summed E-state index contributed by atoms with van der Waals surface area (Å²) < 4.78 is 6.89. The first kappa shape index (κ1) is 21.4. The number of hydrogen-bond acceptors (Lipinski definition) is 6. The minimum Gasteiger partial charge on any atom is -0.490 e. The van der Waals surface area contributed by atoms with Crippen LogP contribution in [0.1, 0.15) is 23.0 Å². The second kappa shape index (κ2) is 9.93. The number of aryl methyl sites for hydroxylation is 1. The summed E-state index contributed by atoms with van der Waals surface area (Å²) in [5.41, 5.74) is 1.61. The van der Waals surface area contributed by atoms with Gasteiger partial charge in [-0.1, -0.05) is 36.4 Å². The summed E-state index contributed by atoms with van der Waals surface area (Å²) in [6, 6.07) is 14.1. The van der Waals surface area contributed by atoms with E-state index in [4.69, 9.17) is 4.74 Å². The van der Waals surface area contributed by atoms with E-state index >= 15 is 0 Å². The summed E-state index contributed by atoms with van der Waals surface area (Å²) >= 11 is 1.38. The highest BCUT2D eigenvalue weighted by Crippen LogP contribution is 2.29. The van der Waals surface area contributed by atoms with Gasteiger partial charge >= 0.3 is 5.69 Å². The van der Waals surface area contributed by atoms with E-state index in [-0.39, 0.29) is 29.1 Å². The molecule has 0 fully saturated rings. The van der Waals surface area contributed by atoms with Gasteiger partial charge in [-0.25, -0.2) is 4.98 Å². The Morgan fingerprint density at radius 2 is 2.07 bits per heavy atom. The predicted octanol–water partition coefficient (Wildman–Crippen LogP) is 3.48. The molecule has 2 aromatic carbocycles. The number of carbonyl (C=O) groups excluding carboxylic acids is 1. The molecule has 1 heterocycles. The van der Waals surface area contributed by atoms with Crippen LogP contribution >= 0.6 is 11.8 Å². The number of imidazole rings is 1. The monoisotopic (exact) mass is 426 g/mol. The molecule has 1 atom stereocenters. The summed E-state index contributed by atoms with van der Waals surface area (Å²) in [7, 11) is 3.28. The molecule has 0 saturated carbocycles. The number of benzene rings is 2. The van der Waals surface area contributed by atoms with Crippen LogP contribution in [0.5, 0.6) is 5.75 Å². The molecule has 3 rings (SSSR count). The lowest BCUT2D eigenvalue weighted by Crippen LogP contribution is -2.32. The van der Waals surface area contributed by atoms with Crippen LogP contribution in [0.25, 0.3) is 0 Å². The molecule has 1 amide bonds. The number of aromatic nitrogens is 2. The zero-order valence-corrected chi connectivity index (χ0v) is 17.5. The maximum absolute atomic E-state index is 12.6. The number of methoxy groups -OCH3 is 1. The van der Waals surface area contributed by atoms with Crippen molar-refractivity contribution in [1.82, 2.24) is 14.9 Å². The van der Waals surface area contributed by atoms with Gasteiger partial charge in [0.25, 0.3) is 0 Å². The first-order valence-electron chi connectivity index (χ1n) is 9.20. The number of rotatable bonds is 9. The molecule has 0 bridgehead atoms. The molecule has 0 saturated heterocycles. The van der Waals surface area contributed by atoms with E-state index in [0.29, 0.717) is 5.75 Å². The number of nitrogens with one attached hydrogen (secondary N) is 1. The van der Waals surface area contributed by atoms with Crippen LogP contribution < -0.4 is 10.1 Å². The zero-order chi connectivity index (χ0) is 21.5. The molecule has 9 heteroatoms. The Kier molecular flexibility index (Phi) is 7.08. The van der Waals surface area contributed by atoms with Crippen LogP contribution in [0.3, 0.4) is 0 Å². The summed E-state index contributed by atoms with van der Waals surface area (Å²) in [6.45, 7) is 0. The number of nitro benzene ring substituents is 1. The zero-order valence-electron chi connectivity index (χ0n) is 16.6. The lowest BCUT2D eigenvalue weighted by molar-refractivity contribution is -0.385. The van der Waals surface area contributed by atoms with E-state index in [1.807, 2.05) is 48.1 Å². The number of ether oxygens (including phenoxy) is 1. The Hall–Kier alpha value is -3.33.